The maximum absolute atomic E-state index is 5.91. The molecular formula is C10H14BrN3. The zero-order valence-corrected chi connectivity index (χ0v) is 9.57. The van der Waals surface area contributed by atoms with Crippen molar-refractivity contribution in [1.29, 1.82) is 0 Å². The first-order valence-corrected chi connectivity index (χ1v) is 5.67. The van der Waals surface area contributed by atoms with Gasteiger partial charge in [0, 0.05) is 29.8 Å². The Labute approximate surface area is 92.4 Å². The van der Waals surface area contributed by atoms with Crippen LogP contribution in [0.3, 0.4) is 0 Å². The quantitative estimate of drug-likeness (QED) is 0.832. The Kier molecular flexibility index (Phi) is 3.03. The Morgan fingerprint density at radius 1 is 1.50 bits per heavy atom. The van der Waals surface area contributed by atoms with Gasteiger partial charge in [0.15, 0.2) is 0 Å². The fourth-order valence-corrected chi connectivity index (χ4v) is 2.01. The van der Waals surface area contributed by atoms with Gasteiger partial charge in [-0.15, -0.1) is 0 Å². The molecule has 2 N–H and O–H groups in total. The molecule has 2 heterocycles. The molecule has 76 valence electrons. The zero-order chi connectivity index (χ0) is 9.97. The average molecular weight is 256 g/mol. The van der Waals surface area contributed by atoms with E-state index in [0.29, 0.717) is 6.04 Å². The van der Waals surface area contributed by atoms with Crippen LogP contribution in [0.15, 0.2) is 22.8 Å². The van der Waals surface area contributed by atoms with Gasteiger partial charge in [0.25, 0.3) is 0 Å². The highest BCUT2D eigenvalue weighted by Crippen LogP contribution is 2.18. The molecule has 1 atom stereocenters. The van der Waals surface area contributed by atoms with Gasteiger partial charge in [-0.25, -0.2) is 4.98 Å². The summed E-state index contributed by atoms with van der Waals surface area (Å²) in [5, 5.41) is 0. The van der Waals surface area contributed by atoms with Gasteiger partial charge < -0.3 is 10.6 Å². The molecule has 0 spiro atoms. The highest BCUT2D eigenvalue weighted by Gasteiger charge is 2.17. The molecule has 4 heteroatoms. The summed E-state index contributed by atoms with van der Waals surface area (Å²) in [5.41, 5.74) is 5.91. The van der Waals surface area contributed by atoms with Crippen molar-refractivity contribution in [2.75, 3.05) is 18.0 Å². The summed E-state index contributed by atoms with van der Waals surface area (Å²) in [4.78, 5) is 6.61. The van der Waals surface area contributed by atoms with Crippen LogP contribution in [0.4, 0.5) is 5.82 Å². The van der Waals surface area contributed by atoms with E-state index in [2.05, 4.69) is 25.8 Å². The molecule has 0 aromatic carbocycles. The van der Waals surface area contributed by atoms with Crippen molar-refractivity contribution in [2.45, 2.75) is 18.9 Å². The van der Waals surface area contributed by atoms with E-state index in [1.807, 2.05) is 18.3 Å². The van der Waals surface area contributed by atoms with Crippen LogP contribution >= 0.6 is 15.9 Å². The number of anilines is 1. The lowest BCUT2D eigenvalue weighted by atomic mass is 10.1. The smallest absolute Gasteiger partial charge is 0.128 e. The van der Waals surface area contributed by atoms with Crippen LogP contribution in [0.2, 0.25) is 0 Å². The predicted molar refractivity (Wildman–Crippen MR) is 61.4 cm³/mol. The Balaban J connectivity index is 2.10. The van der Waals surface area contributed by atoms with Crippen LogP contribution in [0.25, 0.3) is 0 Å². The molecule has 1 aromatic rings. The van der Waals surface area contributed by atoms with Crippen molar-refractivity contribution in [3.05, 3.63) is 22.8 Å². The van der Waals surface area contributed by atoms with Crippen LogP contribution in [0.5, 0.6) is 0 Å². The van der Waals surface area contributed by atoms with Gasteiger partial charge >= 0.3 is 0 Å². The number of pyridine rings is 1. The van der Waals surface area contributed by atoms with Crippen molar-refractivity contribution in [3.8, 4) is 0 Å². The molecule has 1 aromatic heterocycles. The number of hydrogen-bond donors (Lipinski definition) is 1. The first-order chi connectivity index (χ1) is 6.75. The minimum Gasteiger partial charge on any atom is -0.355 e. The summed E-state index contributed by atoms with van der Waals surface area (Å²) < 4.78 is 1.02. The van der Waals surface area contributed by atoms with E-state index >= 15 is 0 Å². The second kappa shape index (κ2) is 4.28. The normalized spacial score (nSPS) is 22.4. The van der Waals surface area contributed by atoms with Gasteiger partial charge in [0.1, 0.15) is 5.82 Å². The highest BCUT2D eigenvalue weighted by molar-refractivity contribution is 9.10. The van der Waals surface area contributed by atoms with Crippen LogP contribution in [0.1, 0.15) is 12.8 Å². The van der Waals surface area contributed by atoms with Gasteiger partial charge in [-0.3, -0.25) is 0 Å². The van der Waals surface area contributed by atoms with E-state index in [4.69, 9.17) is 5.73 Å². The molecule has 0 unspecified atom stereocenters. The van der Waals surface area contributed by atoms with Gasteiger partial charge in [0.2, 0.25) is 0 Å². The summed E-state index contributed by atoms with van der Waals surface area (Å²) in [6.45, 7) is 2.00. The molecule has 0 amide bonds. The Bertz CT molecular complexity index is 299. The molecule has 0 radical (unpaired) electrons. The van der Waals surface area contributed by atoms with Crippen LogP contribution in [0, 0.1) is 0 Å². The maximum Gasteiger partial charge on any atom is 0.128 e. The number of piperidine rings is 1. The van der Waals surface area contributed by atoms with E-state index < -0.39 is 0 Å². The van der Waals surface area contributed by atoms with Crippen LogP contribution in [-0.4, -0.2) is 24.1 Å². The number of rotatable bonds is 1. The largest absolute Gasteiger partial charge is 0.355 e. The molecule has 0 aliphatic carbocycles. The molecule has 0 saturated carbocycles. The molecule has 14 heavy (non-hydrogen) atoms. The molecule has 1 aliphatic rings. The van der Waals surface area contributed by atoms with E-state index in [-0.39, 0.29) is 0 Å². The van der Waals surface area contributed by atoms with Crippen molar-refractivity contribution in [1.82, 2.24) is 4.98 Å². The Morgan fingerprint density at radius 2 is 2.36 bits per heavy atom. The number of aromatic nitrogens is 1. The maximum atomic E-state index is 5.91. The lowest BCUT2D eigenvalue weighted by Gasteiger charge is -2.31. The van der Waals surface area contributed by atoms with E-state index in [9.17, 15) is 0 Å². The lowest BCUT2D eigenvalue weighted by Crippen LogP contribution is -2.43. The van der Waals surface area contributed by atoms with Crippen LogP contribution < -0.4 is 10.6 Å². The second-order valence-electron chi connectivity index (χ2n) is 3.68. The Hall–Kier alpha value is -0.610. The van der Waals surface area contributed by atoms with Crippen molar-refractivity contribution >= 4 is 21.7 Å². The topological polar surface area (TPSA) is 42.1 Å². The first-order valence-electron chi connectivity index (χ1n) is 4.88. The monoisotopic (exact) mass is 255 g/mol. The van der Waals surface area contributed by atoms with Crippen LogP contribution in [-0.2, 0) is 0 Å². The molecular weight excluding hydrogens is 242 g/mol. The Morgan fingerprint density at radius 3 is 3.00 bits per heavy atom. The lowest BCUT2D eigenvalue weighted by molar-refractivity contribution is 0.503. The highest BCUT2D eigenvalue weighted by atomic mass is 79.9. The van der Waals surface area contributed by atoms with Crippen molar-refractivity contribution in [3.63, 3.8) is 0 Å². The molecule has 2 rings (SSSR count). The third-order valence-corrected chi connectivity index (χ3v) is 2.96. The average Bonchev–Trinajstić information content (AvgIpc) is 2.19. The fraction of sp³-hybridized carbons (Fsp3) is 0.500. The van der Waals surface area contributed by atoms with Crippen molar-refractivity contribution in [2.24, 2.45) is 5.73 Å². The zero-order valence-electron chi connectivity index (χ0n) is 7.99. The minimum atomic E-state index is 0.300. The van der Waals surface area contributed by atoms with Gasteiger partial charge in [-0.1, -0.05) is 0 Å². The third-order valence-electron chi connectivity index (χ3n) is 2.49. The molecule has 1 aliphatic heterocycles. The SMILES string of the molecule is N[C@@H]1CCCN(c2ccc(Br)cn2)C1. The van der Waals surface area contributed by atoms with E-state index in [1.54, 1.807) is 0 Å². The number of nitrogens with zero attached hydrogens (tertiary/aromatic N) is 2. The third kappa shape index (κ3) is 2.25. The second-order valence-corrected chi connectivity index (χ2v) is 4.60. The molecule has 1 fully saturated rings. The molecule has 1 saturated heterocycles. The van der Waals surface area contributed by atoms with E-state index in [1.165, 1.54) is 6.42 Å². The van der Waals surface area contributed by atoms with E-state index in [0.717, 1.165) is 29.8 Å². The van der Waals surface area contributed by atoms with Gasteiger partial charge in [-0.2, -0.15) is 0 Å². The number of hydrogen-bond acceptors (Lipinski definition) is 3. The fourth-order valence-electron chi connectivity index (χ4n) is 1.77. The molecule has 0 bridgehead atoms. The standard InChI is InChI=1S/C10H14BrN3/c11-8-3-4-10(13-6-8)14-5-1-2-9(12)7-14/h3-4,6,9H,1-2,5,7,12H2/t9-/m1/s1. The summed E-state index contributed by atoms with van der Waals surface area (Å²) in [7, 11) is 0. The summed E-state index contributed by atoms with van der Waals surface area (Å²) in [6, 6.07) is 4.35. The first kappa shape index (κ1) is 9.93. The van der Waals surface area contributed by atoms with Gasteiger partial charge in [-0.05, 0) is 40.9 Å². The van der Waals surface area contributed by atoms with Crippen molar-refractivity contribution < 1.29 is 0 Å². The predicted octanol–water partition coefficient (Wildman–Crippen LogP) is 1.77. The number of nitrogens with two attached hydrogens (primary N) is 1. The summed E-state index contributed by atoms with van der Waals surface area (Å²) in [5.74, 6) is 1.03. The van der Waals surface area contributed by atoms with Gasteiger partial charge in [0.05, 0.1) is 0 Å². The summed E-state index contributed by atoms with van der Waals surface area (Å²) >= 11 is 3.38. The number of halogens is 1. The summed E-state index contributed by atoms with van der Waals surface area (Å²) in [6.07, 6.45) is 4.13. The molecule has 3 nitrogen and oxygen atoms in total. The minimum absolute atomic E-state index is 0.300.